The van der Waals surface area contributed by atoms with Gasteiger partial charge in [0.1, 0.15) is 24.0 Å². The van der Waals surface area contributed by atoms with Gasteiger partial charge in [-0.15, -0.1) is 0 Å². The van der Waals surface area contributed by atoms with Crippen LogP contribution in [0, 0.1) is 5.92 Å². The van der Waals surface area contributed by atoms with E-state index in [1.165, 1.54) is 0 Å². The molecule has 0 saturated heterocycles. The van der Waals surface area contributed by atoms with Crippen molar-refractivity contribution in [3.05, 3.63) is 81.6 Å². The fraction of sp³-hybridized carbons (Fsp3) is 0.333. The highest BCUT2D eigenvalue weighted by atomic mass is 79.9. The van der Waals surface area contributed by atoms with Crippen LogP contribution < -0.4 is 14.8 Å². The van der Waals surface area contributed by atoms with Crippen LogP contribution in [0.3, 0.4) is 0 Å². The van der Waals surface area contributed by atoms with Crippen molar-refractivity contribution in [1.82, 2.24) is 5.32 Å². The average Bonchev–Trinajstić information content (AvgIpc) is 2.82. The van der Waals surface area contributed by atoms with E-state index in [4.69, 9.17) is 14.2 Å². The first-order valence-corrected chi connectivity index (χ1v) is 12.2. The number of carbonyl (C=O) groups is 2. The molecule has 6 nitrogen and oxygen atoms in total. The molecule has 2 aromatic carbocycles. The summed E-state index contributed by atoms with van der Waals surface area (Å²) < 4.78 is 17.9. The van der Waals surface area contributed by atoms with Crippen molar-refractivity contribution < 1.29 is 23.8 Å². The van der Waals surface area contributed by atoms with Gasteiger partial charge in [0.15, 0.2) is 5.78 Å². The van der Waals surface area contributed by atoms with Gasteiger partial charge in [0.05, 0.1) is 18.2 Å². The van der Waals surface area contributed by atoms with Crippen LogP contribution in [0.1, 0.15) is 43.2 Å². The lowest BCUT2D eigenvalue weighted by atomic mass is 9.71. The highest BCUT2D eigenvalue weighted by Crippen LogP contribution is 2.45. The van der Waals surface area contributed by atoms with Crippen molar-refractivity contribution in [1.29, 1.82) is 0 Å². The Morgan fingerprint density at radius 3 is 2.71 bits per heavy atom. The molecule has 0 saturated carbocycles. The number of ketones is 1. The summed E-state index contributed by atoms with van der Waals surface area (Å²) in [6, 6.07) is 13.3. The number of benzene rings is 2. The first kappa shape index (κ1) is 24.1. The number of rotatable bonds is 7. The van der Waals surface area contributed by atoms with Gasteiger partial charge in [-0.3, -0.25) is 9.59 Å². The second-order valence-electron chi connectivity index (χ2n) is 8.32. The number of Topliss-reactive ketones (excluding diaryl/α,β-unsaturated/α-hetero) is 1. The van der Waals surface area contributed by atoms with Crippen LogP contribution in [0.25, 0.3) is 0 Å². The third kappa shape index (κ3) is 4.75. The summed E-state index contributed by atoms with van der Waals surface area (Å²) in [6.45, 7) is 6.40. The Morgan fingerprint density at radius 2 is 1.97 bits per heavy atom. The quantitative estimate of drug-likeness (QED) is 0.486. The maximum atomic E-state index is 13.1. The Labute approximate surface area is 208 Å². The molecule has 4 rings (SSSR count). The van der Waals surface area contributed by atoms with E-state index in [9.17, 15) is 9.59 Å². The van der Waals surface area contributed by atoms with Gasteiger partial charge in [0.25, 0.3) is 0 Å². The predicted molar refractivity (Wildman–Crippen MR) is 132 cm³/mol. The third-order valence-electron chi connectivity index (χ3n) is 6.21. The summed E-state index contributed by atoms with van der Waals surface area (Å²) in [4.78, 5) is 26.1. The molecule has 0 amide bonds. The van der Waals surface area contributed by atoms with Crippen LogP contribution in [-0.4, -0.2) is 25.5 Å². The number of halogens is 1. The fourth-order valence-electron chi connectivity index (χ4n) is 4.69. The van der Waals surface area contributed by atoms with E-state index in [0.29, 0.717) is 29.2 Å². The van der Waals surface area contributed by atoms with Crippen LogP contribution >= 0.6 is 15.9 Å². The maximum absolute atomic E-state index is 13.1. The highest BCUT2D eigenvalue weighted by molar-refractivity contribution is 9.10. The lowest BCUT2D eigenvalue weighted by molar-refractivity contribution is -0.147. The number of para-hydroxylation sites is 1. The van der Waals surface area contributed by atoms with Gasteiger partial charge in [-0.1, -0.05) is 24.8 Å². The van der Waals surface area contributed by atoms with Crippen molar-refractivity contribution >= 4 is 27.7 Å². The summed E-state index contributed by atoms with van der Waals surface area (Å²) in [7, 11) is 1.61. The molecule has 2 aliphatic rings. The lowest BCUT2D eigenvalue weighted by Crippen LogP contribution is -2.41. The van der Waals surface area contributed by atoms with E-state index in [2.05, 4.69) is 27.8 Å². The summed E-state index contributed by atoms with van der Waals surface area (Å²) in [5.74, 6) is -0.142. The predicted octanol–water partition coefficient (Wildman–Crippen LogP) is 5.42. The number of methoxy groups -OCH3 is 1. The lowest BCUT2D eigenvalue weighted by Gasteiger charge is -2.38. The van der Waals surface area contributed by atoms with Crippen LogP contribution in [0.15, 0.2) is 70.5 Å². The van der Waals surface area contributed by atoms with Crippen molar-refractivity contribution in [2.24, 2.45) is 5.92 Å². The van der Waals surface area contributed by atoms with Gasteiger partial charge in [-0.2, -0.15) is 0 Å². The third-order valence-corrected chi connectivity index (χ3v) is 6.87. The molecule has 0 aromatic heterocycles. The van der Waals surface area contributed by atoms with Crippen molar-refractivity contribution in [2.75, 3.05) is 13.7 Å². The molecule has 2 unspecified atom stereocenters. The molecule has 2 atom stereocenters. The van der Waals surface area contributed by atoms with Gasteiger partial charge in [-0.25, -0.2) is 0 Å². The van der Waals surface area contributed by atoms with Crippen LogP contribution in [0.2, 0.25) is 0 Å². The van der Waals surface area contributed by atoms with E-state index in [-0.39, 0.29) is 19.0 Å². The molecule has 178 valence electrons. The van der Waals surface area contributed by atoms with E-state index >= 15 is 0 Å². The minimum absolute atomic E-state index is 0.0578. The van der Waals surface area contributed by atoms with Gasteiger partial charge < -0.3 is 19.5 Å². The van der Waals surface area contributed by atoms with Crippen molar-refractivity contribution in [2.45, 2.75) is 38.7 Å². The Kier molecular flexibility index (Phi) is 7.41. The largest absolute Gasteiger partial charge is 0.496 e. The summed E-state index contributed by atoms with van der Waals surface area (Å²) in [5.41, 5.74) is 3.70. The number of esters is 1. The van der Waals surface area contributed by atoms with E-state index in [0.717, 1.165) is 34.1 Å². The van der Waals surface area contributed by atoms with Gasteiger partial charge in [0, 0.05) is 34.9 Å². The number of allylic oxidation sites excluding steroid dienone is 2. The molecule has 0 spiro atoms. The number of hydrogen-bond acceptors (Lipinski definition) is 6. The average molecular weight is 526 g/mol. The molecule has 0 radical (unpaired) electrons. The Bertz CT molecular complexity index is 1160. The molecular formula is C27H28BrNO5. The second-order valence-corrected chi connectivity index (χ2v) is 9.17. The van der Waals surface area contributed by atoms with Gasteiger partial charge in [0.2, 0.25) is 0 Å². The molecule has 34 heavy (non-hydrogen) atoms. The van der Waals surface area contributed by atoms with E-state index in [1.54, 1.807) is 14.0 Å². The van der Waals surface area contributed by atoms with Gasteiger partial charge >= 0.3 is 5.97 Å². The minimum Gasteiger partial charge on any atom is -0.496 e. The normalized spacial score (nSPS) is 19.9. The SMILES string of the molecule is C=C1NC2=C(C(=O)CCC2)C(c2ccc(OC)c(COc3ccccc3Br)c2)C1C(=O)OCC. The molecule has 1 aliphatic carbocycles. The van der Waals surface area contributed by atoms with Gasteiger partial charge in [-0.05, 0) is 65.5 Å². The smallest absolute Gasteiger partial charge is 0.315 e. The maximum Gasteiger partial charge on any atom is 0.315 e. The Morgan fingerprint density at radius 1 is 1.18 bits per heavy atom. The molecule has 2 aromatic rings. The number of nitrogens with one attached hydrogen (secondary N) is 1. The monoisotopic (exact) mass is 525 g/mol. The number of carbonyl (C=O) groups excluding carboxylic acids is 2. The molecular weight excluding hydrogens is 498 g/mol. The summed E-state index contributed by atoms with van der Waals surface area (Å²) >= 11 is 3.50. The minimum atomic E-state index is -0.703. The standard InChI is InChI=1S/C27H28BrNO5/c1-4-33-27(31)24-16(2)29-20-9-7-10-21(30)26(20)25(24)17-12-13-22(32-3)18(14-17)15-34-23-11-6-5-8-19(23)28/h5-6,8,11-14,24-25,29H,2,4,7,9-10,15H2,1,3H3. The zero-order valence-corrected chi connectivity index (χ0v) is 20.9. The summed E-state index contributed by atoms with van der Waals surface area (Å²) in [6.07, 6.45) is 2.00. The van der Waals surface area contributed by atoms with Crippen molar-refractivity contribution in [3.63, 3.8) is 0 Å². The van der Waals surface area contributed by atoms with Crippen LogP contribution in [0.4, 0.5) is 0 Å². The molecule has 7 heteroatoms. The van der Waals surface area contributed by atoms with E-state index in [1.807, 2.05) is 42.5 Å². The molecule has 1 N–H and O–H groups in total. The fourth-order valence-corrected chi connectivity index (χ4v) is 5.08. The molecule has 0 bridgehead atoms. The van der Waals surface area contributed by atoms with Crippen LogP contribution in [-0.2, 0) is 20.9 Å². The second kappa shape index (κ2) is 10.5. The number of hydrogen-bond donors (Lipinski definition) is 1. The molecule has 1 aliphatic heterocycles. The van der Waals surface area contributed by atoms with Crippen LogP contribution in [0.5, 0.6) is 11.5 Å². The van der Waals surface area contributed by atoms with Crippen molar-refractivity contribution in [3.8, 4) is 11.5 Å². The Balaban J connectivity index is 1.76. The highest BCUT2D eigenvalue weighted by Gasteiger charge is 2.44. The first-order chi connectivity index (χ1) is 16.4. The zero-order chi connectivity index (χ0) is 24.2. The molecule has 0 fully saturated rings. The molecule has 1 heterocycles. The number of ether oxygens (including phenoxy) is 3. The Hall–Kier alpha value is -3.06. The first-order valence-electron chi connectivity index (χ1n) is 11.4. The zero-order valence-electron chi connectivity index (χ0n) is 19.4. The van der Waals surface area contributed by atoms with E-state index < -0.39 is 17.8 Å². The summed E-state index contributed by atoms with van der Waals surface area (Å²) in [5, 5.41) is 3.24. The topological polar surface area (TPSA) is 73.9 Å².